The van der Waals surface area contributed by atoms with Crippen LogP contribution in [-0.4, -0.2) is 44.0 Å². The van der Waals surface area contributed by atoms with Crippen molar-refractivity contribution in [1.82, 2.24) is 15.0 Å². The Balaban J connectivity index is 1.49. The van der Waals surface area contributed by atoms with Crippen LogP contribution in [0.3, 0.4) is 0 Å². The summed E-state index contributed by atoms with van der Waals surface area (Å²) >= 11 is 8.05. The molecule has 0 radical (unpaired) electrons. The standard InChI is InChI=1S/C34H47Br2N3Se2/c1-3-5-7-9-11-12-14-16-18-26(17-15-13-10-8-6-4-2)25-39-37-33-27(29-21-23-31(35)40-29)19-20-28(34(33)38-39)30-22-24-32(36)41-30/h19-24,26H,3-18,25H2,1-2H3. The van der Waals surface area contributed by atoms with E-state index in [-0.39, 0.29) is 0 Å². The molecule has 3 aromatic heterocycles. The van der Waals surface area contributed by atoms with Crippen LogP contribution in [-0.2, 0) is 6.54 Å². The van der Waals surface area contributed by atoms with Crippen molar-refractivity contribution in [2.24, 2.45) is 5.92 Å². The fourth-order valence-electron chi connectivity index (χ4n) is 5.77. The molecule has 0 N–H and O–H groups in total. The van der Waals surface area contributed by atoms with E-state index >= 15 is 0 Å². The monoisotopic (exact) mass is 815 g/mol. The molecule has 0 saturated heterocycles. The fourth-order valence-corrected chi connectivity index (χ4v) is 11.0. The van der Waals surface area contributed by atoms with Gasteiger partial charge in [0.25, 0.3) is 0 Å². The van der Waals surface area contributed by atoms with Gasteiger partial charge >= 0.3 is 227 Å². The van der Waals surface area contributed by atoms with Gasteiger partial charge in [-0.25, -0.2) is 0 Å². The second kappa shape index (κ2) is 18.4. The Kier molecular flexibility index (Phi) is 15.0. The van der Waals surface area contributed by atoms with Crippen LogP contribution in [0.4, 0.5) is 0 Å². The third kappa shape index (κ3) is 10.6. The van der Waals surface area contributed by atoms with Gasteiger partial charge in [0.2, 0.25) is 0 Å². The van der Waals surface area contributed by atoms with E-state index in [2.05, 4.69) is 86.9 Å². The van der Waals surface area contributed by atoms with Crippen molar-refractivity contribution in [3.63, 3.8) is 0 Å². The summed E-state index contributed by atoms with van der Waals surface area (Å²) in [4.78, 5) is 2.07. The first-order chi connectivity index (χ1) is 20.1. The van der Waals surface area contributed by atoms with Crippen LogP contribution in [0.1, 0.15) is 117 Å². The van der Waals surface area contributed by atoms with Gasteiger partial charge in [-0.1, -0.05) is 52.4 Å². The van der Waals surface area contributed by atoms with Crippen molar-refractivity contribution in [3.8, 4) is 20.0 Å². The summed E-state index contributed by atoms with van der Waals surface area (Å²) in [6, 6.07) is 13.5. The van der Waals surface area contributed by atoms with E-state index in [0.717, 1.165) is 17.6 Å². The van der Waals surface area contributed by atoms with Crippen LogP contribution in [0, 0.1) is 5.92 Å². The maximum absolute atomic E-state index is 5.22. The van der Waals surface area contributed by atoms with Crippen LogP contribution in [0.2, 0.25) is 0 Å². The Morgan fingerprint density at radius 2 is 1.00 bits per heavy atom. The molecule has 0 aliphatic rings. The van der Waals surface area contributed by atoms with Gasteiger partial charge in [-0.2, -0.15) is 0 Å². The van der Waals surface area contributed by atoms with Crippen LogP contribution in [0.15, 0.2) is 43.1 Å². The molecule has 3 nitrogen and oxygen atoms in total. The first-order valence-corrected chi connectivity index (χ1v) is 21.0. The molecule has 0 aliphatic carbocycles. The minimum atomic E-state index is 0.302. The number of fused-ring (bicyclic) bond motifs is 1. The van der Waals surface area contributed by atoms with E-state index in [0.29, 0.717) is 34.9 Å². The maximum atomic E-state index is 5.22. The van der Waals surface area contributed by atoms with Crippen molar-refractivity contribution in [2.75, 3.05) is 0 Å². The van der Waals surface area contributed by atoms with E-state index in [1.807, 2.05) is 0 Å². The van der Waals surface area contributed by atoms with E-state index in [1.54, 1.807) is 0 Å². The van der Waals surface area contributed by atoms with Crippen molar-refractivity contribution in [2.45, 2.75) is 123 Å². The van der Waals surface area contributed by atoms with E-state index in [9.17, 15) is 0 Å². The van der Waals surface area contributed by atoms with Gasteiger partial charge in [0.15, 0.2) is 0 Å². The van der Waals surface area contributed by atoms with Crippen molar-refractivity contribution < 1.29 is 0 Å². The summed E-state index contributed by atoms with van der Waals surface area (Å²) in [5.74, 6) is 0.659. The molecule has 0 aliphatic heterocycles. The zero-order valence-electron chi connectivity index (χ0n) is 25.0. The van der Waals surface area contributed by atoms with Gasteiger partial charge in [-0.3, -0.25) is 0 Å². The predicted molar refractivity (Wildman–Crippen MR) is 186 cm³/mol. The van der Waals surface area contributed by atoms with Crippen molar-refractivity contribution in [3.05, 3.63) is 43.1 Å². The first kappa shape index (κ1) is 33.5. The van der Waals surface area contributed by atoms with Gasteiger partial charge in [-0.15, -0.1) is 0 Å². The summed E-state index contributed by atoms with van der Waals surface area (Å²) < 4.78 is 5.37. The van der Waals surface area contributed by atoms with Crippen molar-refractivity contribution >= 4 is 71.9 Å². The molecule has 0 fully saturated rings. The first-order valence-electron chi connectivity index (χ1n) is 16.0. The summed E-state index contributed by atoms with van der Waals surface area (Å²) in [5, 5.41) is 10.4. The van der Waals surface area contributed by atoms with Crippen molar-refractivity contribution in [1.29, 1.82) is 0 Å². The number of halogens is 2. The average molecular weight is 815 g/mol. The molecule has 0 saturated carbocycles. The minimum absolute atomic E-state index is 0.302. The van der Waals surface area contributed by atoms with E-state index in [4.69, 9.17) is 10.2 Å². The quantitative estimate of drug-likeness (QED) is 0.0657. The molecule has 224 valence electrons. The average Bonchev–Trinajstić information content (AvgIpc) is 3.71. The van der Waals surface area contributed by atoms with Crippen LogP contribution in [0.5, 0.6) is 0 Å². The number of rotatable bonds is 20. The van der Waals surface area contributed by atoms with Gasteiger partial charge in [-0.05, 0) is 0 Å². The molecule has 1 aromatic carbocycles. The molecule has 0 amide bonds. The molecule has 0 spiro atoms. The molecule has 4 aromatic rings. The number of unbranched alkanes of at least 4 members (excludes halogenated alkanes) is 12. The molecule has 0 bridgehead atoms. The Bertz CT molecular complexity index is 1230. The molecule has 1 unspecified atom stereocenters. The Labute approximate surface area is 277 Å². The predicted octanol–water partition coefficient (Wildman–Crippen LogP) is 11.3. The summed E-state index contributed by atoms with van der Waals surface area (Å²) in [7, 11) is 0. The van der Waals surface area contributed by atoms with E-state index < -0.39 is 0 Å². The van der Waals surface area contributed by atoms with Gasteiger partial charge in [0.1, 0.15) is 0 Å². The number of aromatic nitrogens is 3. The molecular formula is C34H47Br2N3Se2. The second-order valence-electron chi connectivity index (χ2n) is 11.5. The Morgan fingerprint density at radius 3 is 1.39 bits per heavy atom. The third-order valence-electron chi connectivity index (χ3n) is 8.11. The molecule has 41 heavy (non-hydrogen) atoms. The zero-order valence-corrected chi connectivity index (χ0v) is 31.6. The van der Waals surface area contributed by atoms with Crippen LogP contribution < -0.4 is 0 Å². The zero-order chi connectivity index (χ0) is 28.9. The summed E-state index contributed by atoms with van der Waals surface area (Å²) in [5.41, 5.74) is 4.68. The number of benzene rings is 1. The Morgan fingerprint density at radius 1 is 0.585 bits per heavy atom. The third-order valence-corrected chi connectivity index (χ3v) is 14.1. The summed E-state index contributed by atoms with van der Waals surface area (Å²) in [6.45, 7) is 5.54. The number of nitrogens with zero attached hydrogens (tertiary/aromatic N) is 3. The topological polar surface area (TPSA) is 30.7 Å². The van der Waals surface area contributed by atoms with Crippen LogP contribution in [0.25, 0.3) is 31.0 Å². The molecule has 3 heterocycles. The molecule has 1 atom stereocenters. The van der Waals surface area contributed by atoms with E-state index in [1.165, 1.54) is 129 Å². The molecular weight excluding hydrogens is 768 g/mol. The number of hydrogen-bond acceptors (Lipinski definition) is 2. The second-order valence-corrected chi connectivity index (χ2v) is 20.1. The fraction of sp³-hybridized carbons (Fsp3) is 0.588. The Hall–Kier alpha value is -0.421. The van der Waals surface area contributed by atoms with Crippen LogP contribution >= 0.6 is 31.9 Å². The summed E-state index contributed by atoms with van der Waals surface area (Å²) in [6.07, 6.45) is 21.9. The normalized spacial score (nSPS) is 12.5. The number of hydrogen-bond donors (Lipinski definition) is 0. The van der Waals surface area contributed by atoms with Gasteiger partial charge in [0, 0.05) is 0 Å². The molecule has 4 rings (SSSR count). The van der Waals surface area contributed by atoms with Gasteiger partial charge < -0.3 is 0 Å². The SMILES string of the molecule is CCCCCCCCCCC(CCCCCCCC)Cn1nc2c(-c3ccc(Br)[se]3)ccc(-c3ccc(Br)[se]3)c2n1. The molecule has 7 heteroatoms. The van der Waals surface area contributed by atoms with Gasteiger partial charge in [0.05, 0.1) is 0 Å².